The van der Waals surface area contributed by atoms with E-state index in [1.165, 1.54) is 0 Å². The smallest absolute Gasteiger partial charge is 0.329 e. The van der Waals surface area contributed by atoms with Gasteiger partial charge >= 0.3 is 12.0 Å². The minimum absolute atomic E-state index is 0.0179. The molecule has 0 saturated carbocycles. The van der Waals surface area contributed by atoms with E-state index in [0.717, 1.165) is 17.7 Å². The average Bonchev–Trinajstić information content (AvgIpc) is 2.97. The number of benzene rings is 1. The summed E-state index contributed by atoms with van der Waals surface area (Å²) < 4.78 is 5.42. The molecule has 1 aliphatic rings. The maximum Gasteiger partial charge on any atom is 0.329 e. The molecule has 26 heavy (non-hydrogen) atoms. The molecule has 1 aromatic rings. The molecule has 2 amide bonds. The highest BCUT2D eigenvalue weighted by atomic mass is 32.2. The van der Waals surface area contributed by atoms with Crippen LogP contribution in [0.3, 0.4) is 0 Å². The minimum Gasteiger partial charge on any atom is -0.464 e. The molecule has 1 fully saturated rings. The highest BCUT2D eigenvalue weighted by Crippen LogP contribution is 2.34. The van der Waals surface area contributed by atoms with Gasteiger partial charge in [-0.25, -0.2) is 9.59 Å². The summed E-state index contributed by atoms with van der Waals surface area (Å²) in [5, 5.41) is 2.95. The molecule has 1 N–H and O–H groups in total. The van der Waals surface area contributed by atoms with E-state index in [1.807, 2.05) is 45.0 Å². The number of para-hydroxylation sites is 1. The molecule has 1 aromatic carbocycles. The van der Waals surface area contributed by atoms with Gasteiger partial charge in [-0.2, -0.15) is 0 Å². The summed E-state index contributed by atoms with van der Waals surface area (Å²) in [6, 6.07) is 6.88. The number of esters is 1. The van der Waals surface area contributed by atoms with Gasteiger partial charge in [-0.15, -0.1) is 11.8 Å². The molecule has 1 aliphatic heterocycles. The van der Waals surface area contributed by atoms with Gasteiger partial charge in [0.15, 0.2) is 0 Å². The van der Waals surface area contributed by atoms with Crippen molar-refractivity contribution in [3.63, 3.8) is 0 Å². The molecule has 0 aromatic heterocycles. The van der Waals surface area contributed by atoms with Crippen molar-refractivity contribution in [2.24, 2.45) is 11.8 Å². The lowest BCUT2D eigenvalue weighted by atomic mass is 10.1. The van der Waals surface area contributed by atoms with Crippen molar-refractivity contribution in [2.45, 2.75) is 52.5 Å². The number of rotatable bonds is 6. The number of aryl methyl sites for hydroxylation is 1. The number of thioether (sulfide) groups is 1. The van der Waals surface area contributed by atoms with Crippen LogP contribution in [-0.2, 0) is 9.53 Å². The van der Waals surface area contributed by atoms with E-state index in [2.05, 4.69) is 19.2 Å². The van der Waals surface area contributed by atoms with Crippen molar-refractivity contribution in [1.82, 2.24) is 4.90 Å². The lowest BCUT2D eigenvalue weighted by Crippen LogP contribution is -2.48. The second-order valence-corrected chi connectivity index (χ2v) is 8.82. The van der Waals surface area contributed by atoms with Crippen LogP contribution in [0.15, 0.2) is 24.3 Å². The highest BCUT2D eigenvalue weighted by Gasteiger charge is 2.42. The first-order chi connectivity index (χ1) is 12.3. The predicted molar refractivity (Wildman–Crippen MR) is 107 cm³/mol. The van der Waals surface area contributed by atoms with Crippen LogP contribution < -0.4 is 5.32 Å². The topological polar surface area (TPSA) is 58.6 Å². The predicted octanol–water partition coefficient (Wildman–Crippen LogP) is 4.52. The molecular formula is C20H30N2O3S. The van der Waals surface area contributed by atoms with Gasteiger partial charge in [0.2, 0.25) is 0 Å². The Morgan fingerprint density at radius 2 is 1.92 bits per heavy atom. The van der Waals surface area contributed by atoms with Gasteiger partial charge < -0.3 is 10.1 Å². The van der Waals surface area contributed by atoms with Crippen molar-refractivity contribution in [3.8, 4) is 0 Å². The van der Waals surface area contributed by atoms with Gasteiger partial charge in [0.05, 0.1) is 12.0 Å². The molecule has 1 heterocycles. The van der Waals surface area contributed by atoms with Crippen molar-refractivity contribution in [1.29, 1.82) is 0 Å². The van der Waals surface area contributed by atoms with Crippen molar-refractivity contribution in [3.05, 3.63) is 29.8 Å². The molecule has 0 aliphatic carbocycles. The van der Waals surface area contributed by atoms with E-state index in [-0.39, 0.29) is 23.3 Å². The van der Waals surface area contributed by atoms with Crippen LogP contribution in [0.1, 0.15) is 39.7 Å². The van der Waals surface area contributed by atoms with E-state index in [0.29, 0.717) is 18.3 Å². The molecule has 5 nitrogen and oxygen atoms in total. The van der Waals surface area contributed by atoms with Crippen LogP contribution in [-0.4, -0.2) is 40.7 Å². The zero-order chi connectivity index (χ0) is 19.3. The van der Waals surface area contributed by atoms with Crippen LogP contribution in [0.2, 0.25) is 0 Å². The number of carbonyl (C=O) groups is 2. The summed E-state index contributed by atoms with van der Waals surface area (Å²) in [4.78, 5) is 27.2. The summed E-state index contributed by atoms with van der Waals surface area (Å²) in [5.41, 5.74) is 1.76. The standard InChI is InChI=1S/C20H30N2O3S/c1-13(2)10-18-22(17(12-26-18)19(23)25-11-14(3)4)20(24)21-16-9-7-6-8-15(16)5/h6-9,13-14,17-18H,10-12H2,1-5H3,(H,21,24)/t17-,18+/m0/s1. The number of nitrogens with zero attached hydrogens (tertiary/aromatic N) is 1. The Morgan fingerprint density at radius 1 is 1.23 bits per heavy atom. The molecule has 144 valence electrons. The zero-order valence-electron chi connectivity index (χ0n) is 16.3. The lowest BCUT2D eigenvalue weighted by molar-refractivity contribution is -0.149. The lowest BCUT2D eigenvalue weighted by Gasteiger charge is -2.29. The summed E-state index contributed by atoms with van der Waals surface area (Å²) in [7, 11) is 0. The molecule has 2 atom stereocenters. The normalized spacial score (nSPS) is 19.9. The number of nitrogens with one attached hydrogen (secondary N) is 1. The number of hydrogen-bond acceptors (Lipinski definition) is 4. The Bertz CT molecular complexity index is 633. The van der Waals surface area contributed by atoms with E-state index < -0.39 is 6.04 Å². The van der Waals surface area contributed by atoms with Gasteiger partial charge in [0.1, 0.15) is 6.04 Å². The molecule has 6 heteroatoms. The number of urea groups is 1. The average molecular weight is 379 g/mol. The minimum atomic E-state index is -0.536. The molecule has 0 spiro atoms. The van der Waals surface area contributed by atoms with Crippen LogP contribution in [0.5, 0.6) is 0 Å². The fraction of sp³-hybridized carbons (Fsp3) is 0.600. The van der Waals surface area contributed by atoms with Crippen molar-refractivity contribution >= 4 is 29.4 Å². The number of ether oxygens (including phenoxy) is 1. The van der Waals surface area contributed by atoms with Crippen molar-refractivity contribution in [2.75, 3.05) is 17.7 Å². The van der Waals surface area contributed by atoms with Gasteiger partial charge in [-0.1, -0.05) is 45.9 Å². The van der Waals surface area contributed by atoms with E-state index in [4.69, 9.17) is 4.74 Å². The molecule has 1 saturated heterocycles. The third kappa shape index (κ3) is 5.40. The van der Waals surface area contributed by atoms with E-state index >= 15 is 0 Å². The first-order valence-corrected chi connectivity index (χ1v) is 10.3. The fourth-order valence-electron chi connectivity index (χ4n) is 2.84. The van der Waals surface area contributed by atoms with Crippen LogP contribution in [0.4, 0.5) is 10.5 Å². The molecule has 0 unspecified atom stereocenters. The summed E-state index contributed by atoms with van der Waals surface area (Å²) in [6.07, 6.45) is 0.847. The molecular weight excluding hydrogens is 348 g/mol. The number of anilines is 1. The Labute approximate surface area is 160 Å². The number of hydrogen-bond donors (Lipinski definition) is 1. The largest absolute Gasteiger partial charge is 0.464 e. The Kier molecular flexibility index (Phi) is 7.38. The first kappa shape index (κ1) is 20.6. The second kappa shape index (κ2) is 9.31. The Hall–Kier alpha value is -1.69. The number of amides is 2. The third-order valence-corrected chi connectivity index (χ3v) is 5.53. The Balaban J connectivity index is 2.16. The van der Waals surface area contributed by atoms with Gasteiger partial charge in [0.25, 0.3) is 0 Å². The van der Waals surface area contributed by atoms with Crippen LogP contribution in [0, 0.1) is 18.8 Å². The SMILES string of the molecule is Cc1ccccc1NC(=O)N1[C@@H](CC(C)C)SC[C@H]1C(=O)OCC(C)C. The van der Waals surface area contributed by atoms with Crippen LogP contribution >= 0.6 is 11.8 Å². The van der Waals surface area contributed by atoms with Gasteiger partial charge in [0, 0.05) is 11.4 Å². The van der Waals surface area contributed by atoms with Gasteiger partial charge in [-0.05, 0) is 36.8 Å². The van der Waals surface area contributed by atoms with Crippen molar-refractivity contribution < 1.29 is 14.3 Å². The highest BCUT2D eigenvalue weighted by molar-refractivity contribution is 8.00. The van der Waals surface area contributed by atoms with Crippen LogP contribution in [0.25, 0.3) is 0 Å². The molecule has 0 bridgehead atoms. The maximum absolute atomic E-state index is 13.0. The van der Waals surface area contributed by atoms with E-state index in [9.17, 15) is 9.59 Å². The third-order valence-electron chi connectivity index (χ3n) is 4.22. The number of carbonyl (C=O) groups excluding carboxylic acids is 2. The van der Waals surface area contributed by atoms with Gasteiger partial charge in [-0.3, -0.25) is 4.90 Å². The maximum atomic E-state index is 13.0. The van der Waals surface area contributed by atoms with E-state index in [1.54, 1.807) is 16.7 Å². The Morgan fingerprint density at radius 3 is 2.54 bits per heavy atom. The quantitative estimate of drug-likeness (QED) is 0.740. The summed E-state index contributed by atoms with van der Waals surface area (Å²) >= 11 is 1.66. The second-order valence-electron chi connectivity index (χ2n) is 7.61. The summed E-state index contributed by atoms with van der Waals surface area (Å²) in [6.45, 7) is 10.6. The first-order valence-electron chi connectivity index (χ1n) is 9.22. The monoisotopic (exact) mass is 378 g/mol. The molecule has 0 radical (unpaired) electrons. The summed E-state index contributed by atoms with van der Waals surface area (Å²) in [5.74, 6) is 0.980. The molecule has 2 rings (SSSR count). The fourth-order valence-corrected chi connectivity index (χ4v) is 4.47. The zero-order valence-corrected chi connectivity index (χ0v) is 17.1.